The molecule has 0 aliphatic carbocycles. The van der Waals surface area contributed by atoms with Crippen molar-refractivity contribution in [1.29, 1.82) is 5.26 Å². The van der Waals surface area contributed by atoms with Crippen LogP contribution < -0.4 is 20.9 Å². The van der Waals surface area contributed by atoms with E-state index in [1.54, 1.807) is 4.90 Å². The van der Waals surface area contributed by atoms with Crippen molar-refractivity contribution in [3.8, 4) is 11.8 Å². The highest BCUT2D eigenvalue weighted by molar-refractivity contribution is 5.54. The molecular formula is C19H19F3N4O4. The number of ether oxygens (including phenoxy) is 1. The summed E-state index contributed by atoms with van der Waals surface area (Å²) in [5, 5.41) is 20.4. The SMILES string of the molecule is Cn1c(N2CCC(O)(c3cccc(OC(F)(F)F)c3)CC2)c(C#N)c(=O)n(C)c1=O. The van der Waals surface area contributed by atoms with E-state index in [1.807, 2.05) is 6.07 Å². The van der Waals surface area contributed by atoms with Gasteiger partial charge in [0, 0.05) is 27.2 Å². The van der Waals surface area contributed by atoms with Gasteiger partial charge in [0.25, 0.3) is 5.56 Å². The zero-order chi connectivity index (χ0) is 22.3. The van der Waals surface area contributed by atoms with Gasteiger partial charge in [-0.25, -0.2) is 4.79 Å². The van der Waals surface area contributed by atoms with Crippen LogP contribution in [-0.4, -0.2) is 33.7 Å². The molecule has 30 heavy (non-hydrogen) atoms. The number of anilines is 1. The number of rotatable bonds is 3. The Kier molecular flexibility index (Phi) is 5.38. The molecule has 0 saturated carbocycles. The van der Waals surface area contributed by atoms with Crippen LogP contribution in [0.2, 0.25) is 0 Å². The fourth-order valence-electron chi connectivity index (χ4n) is 3.66. The second-order valence-electron chi connectivity index (χ2n) is 7.11. The van der Waals surface area contributed by atoms with Gasteiger partial charge in [0.2, 0.25) is 0 Å². The first-order chi connectivity index (χ1) is 14.0. The van der Waals surface area contributed by atoms with Crippen molar-refractivity contribution in [3.63, 3.8) is 0 Å². The molecule has 2 aromatic rings. The molecule has 0 spiro atoms. The van der Waals surface area contributed by atoms with Gasteiger partial charge in [0.1, 0.15) is 17.6 Å². The highest BCUT2D eigenvalue weighted by atomic mass is 19.4. The van der Waals surface area contributed by atoms with Crippen LogP contribution in [0.5, 0.6) is 5.75 Å². The third-order valence-electron chi connectivity index (χ3n) is 5.24. The Labute approximate surface area is 169 Å². The second kappa shape index (κ2) is 7.53. The lowest BCUT2D eigenvalue weighted by Gasteiger charge is -2.40. The van der Waals surface area contributed by atoms with Crippen molar-refractivity contribution in [2.75, 3.05) is 18.0 Å². The second-order valence-corrected chi connectivity index (χ2v) is 7.11. The number of hydrogen-bond donors (Lipinski definition) is 1. The van der Waals surface area contributed by atoms with E-state index in [4.69, 9.17) is 0 Å². The summed E-state index contributed by atoms with van der Waals surface area (Å²) in [5.74, 6) is -0.279. The summed E-state index contributed by atoms with van der Waals surface area (Å²) in [4.78, 5) is 26.2. The third-order valence-corrected chi connectivity index (χ3v) is 5.24. The normalized spacial score (nSPS) is 16.2. The molecule has 1 N–H and O–H groups in total. The fourth-order valence-corrected chi connectivity index (χ4v) is 3.66. The number of alkyl halides is 3. The standard InChI is InChI=1S/C19H19F3N4O4/c1-24-15(14(11-23)16(27)25(2)17(24)28)26-8-6-18(29,7-9-26)12-4-3-5-13(10-12)30-19(20,21)22/h3-5,10,29H,6-9H2,1-2H3. The average molecular weight is 424 g/mol. The van der Waals surface area contributed by atoms with Crippen molar-refractivity contribution in [2.24, 2.45) is 14.1 Å². The molecule has 2 heterocycles. The number of piperidine rings is 1. The summed E-state index contributed by atoms with van der Waals surface area (Å²) in [6, 6.07) is 6.98. The van der Waals surface area contributed by atoms with Crippen LogP contribution in [0.3, 0.4) is 0 Å². The van der Waals surface area contributed by atoms with E-state index in [-0.39, 0.29) is 42.9 Å². The molecule has 1 aliphatic rings. The van der Waals surface area contributed by atoms with Crippen LogP contribution in [0.1, 0.15) is 24.0 Å². The van der Waals surface area contributed by atoms with Crippen molar-refractivity contribution in [1.82, 2.24) is 9.13 Å². The predicted molar refractivity (Wildman–Crippen MR) is 100 cm³/mol. The van der Waals surface area contributed by atoms with Gasteiger partial charge in [-0.2, -0.15) is 5.26 Å². The summed E-state index contributed by atoms with van der Waals surface area (Å²) in [6.07, 6.45) is -4.63. The van der Waals surface area contributed by atoms with Crippen LogP contribution in [-0.2, 0) is 19.7 Å². The number of benzene rings is 1. The van der Waals surface area contributed by atoms with Crippen LogP contribution in [0.4, 0.5) is 19.0 Å². The molecular weight excluding hydrogens is 405 g/mol. The molecule has 8 nitrogen and oxygen atoms in total. The average Bonchev–Trinajstić information content (AvgIpc) is 2.69. The molecule has 1 aromatic heterocycles. The lowest BCUT2D eigenvalue weighted by molar-refractivity contribution is -0.274. The van der Waals surface area contributed by atoms with E-state index in [2.05, 4.69) is 4.74 Å². The van der Waals surface area contributed by atoms with Gasteiger partial charge in [-0.3, -0.25) is 13.9 Å². The Hall–Kier alpha value is -3.26. The topological polar surface area (TPSA) is 100 Å². The molecule has 0 atom stereocenters. The molecule has 1 fully saturated rings. The van der Waals surface area contributed by atoms with E-state index in [0.717, 1.165) is 16.7 Å². The molecule has 0 bridgehead atoms. The van der Waals surface area contributed by atoms with E-state index >= 15 is 0 Å². The zero-order valence-electron chi connectivity index (χ0n) is 16.2. The van der Waals surface area contributed by atoms with Gasteiger partial charge in [-0.1, -0.05) is 12.1 Å². The first-order valence-corrected chi connectivity index (χ1v) is 9.00. The van der Waals surface area contributed by atoms with E-state index in [0.29, 0.717) is 0 Å². The van der Waals surface area contributed by atoms with Gasteiger partial charge in [-0.15, -0.1) is 13.2 Å². The quantitative estimate of drug-likeness (QED) is 0.798. The Morgan fingerprint density at radius 3 is 2.37 bits per heavy atom. The number of nitriles is 1. The minimum Gasteiger partial charge on any atom is -0.406 e. The molecule has 1 aromatic carbocycles. The molecule has 3 rings (SSSR count). The number of halogens is 3. The molecule has 0 unspecified atom stereocenters. The third kappa shape index (κ3) is 3.91. The van der Waals surface area contributed by atoms with Crippen molar-refractivity contribution < 1.29 is 23.0 Å². The van der Waals surface area contributed by atoms with Gasteiger partial charge < -0.3 is 14.7 Å². The maximum atomic E-state index is 12.5. The van der Waals surface area contributed by atoms with Crippen molar-refractivity contribution >= 4 is 5.82 Å². The maximum Gasteiger partial charge on any atom is 0.573 e. The van der Waals surface area contributed by atoms with Gasteiger partial charge in [0.05, 0.1) is 5.60 Å². The highest BCUT2D eigenvalue weighted by Crippen LogP contribution is 2.36. The first kappa shape index (κ1) is 21.4. The molecule has 1 saturated heterocycles. The first-order valence-electron chi connectivity index (χ1n) is 9.00. The molecule has 160 valence electrons. The smallest absolute Gasteiger partial charge is 0.406 e. The van der Waals surface area contributed by atoms with Crippen LogP contribution >= 0.6 is 0 Å². The Morgan fingerprint density at radius 1 is 1.17 bits per heavy atom. The monoisotopic (exact) mass is 424 g/mol. The number of aliphatic hydroxyl groups is 1. The van der Waals surface area contributed by atoms with Crippen LogP contribution in [0.15, 0.2) is 33.9 Å². The number of hydrogen-bond acceptors (Lipinski definition) is 6. The molecule has 0 radical (unpaired) electrons. The van der Waals surface area contributed by atoms with Crippen molar-refractivity contribution in [3.05, 3.63) is 56.2 Å². The molecule has 0 amide bonds. The Balaban J connectivity index is 1.89. The highest BCUT2D eigenvalue weighted by Gasteiger charge is 2.37. The minimum atomic E-state index is -4.84. The predicted octanol–water partition coefficient (Wildman–Crippen LogP) is 1.34. The zero-order valence-corrected chi connectivity index (χ0v) is 16.2. The largest absolute Gasteiger partial charge is 0.573 e. The Morgan fingerprint density at radius 2 is 1.80 bits per heavy atom. The summed E-state index contributed by atoms with van der Waals surface area (Å²) >= 11 is 0. The molecule has 11 heteroatoms. The van der Waals surface area contributed by atoms with E-state index in [9.17, 15) is 33.1 Å². The maximum absolute atomic E-state index is 12.5. The van der Waals surface area contributed by atoms with Gasteiger partial charge in [-0.05, 0) is 30.5 Å². The summed E-state index contributed by atoms with van der Waals surface area (Å²) < 4.78 is 43.4. The van der Waals surface area contributed by atoms with E-state index < -0.39 is 29.0 Å². The minimum absolute atomic E-state index is 0.108. The molecule has 1 aliphatic heterocycles. The van der Waals surface area contributed by atoms with E-state index in [1.165, 1.54) is 30.8 Å². The fraction of sp³-hybridized carbons (Fsp3) is 0.421. The number of aromatic nitrogens is 2. The lowest BCUT2D eigenvalue weighted by atomic mass is 9.84. The Bertz CT molecular complexity index is 1120. The lowest BCUT2D eigenvalue weighted by Crippen LogP contribution is -2.47. The van der Waals surface area contributed by atoms with Crippen LogP contribution in [0, 0.1) is 11.3 Å². The summed E-state index contributed by atoms with van der Waals surface area (Å²) in [7, 11) is 2.72. The van der Waals surface area contributed by atoms with Crippen molar-refractivity contribution in [2.45, 2.75) is 24.8 Å². The number of nitrogens with zero attached hydrogens (tertiary/aromatic N) is 4. The van der Waals surface area contributed by atoms with Gasteiger partial charge in [0.15, 0.2) is 5.56 Å². The van der Waals surface area contributed by atoms with Gasteiger partial charge >= 0.3 is 12.1 Å². The van der Waals surface area contributed by atoms with Crippen LogP contribution in [0.25, 0.3) is 0 Å². The summed E-state index contributed by atoms with van der Waals surface area (Å²) in [5.41, 5.74) is -2.65. The summed E-state index contributed by atoms with van der Waals surface area (Å²) in [6.45, 7) is 0.353.